The molecule has 1 aromatic carbocycles. The number of carboxylic acid groups (broad SMARTS) is 1. The minimum atomic E-state index is -1.08. The molecule has 100 valence electrons. The summed E-state index contributed by atoms with van der Waals surface area (Å²) >= 11 is 0. The van der Waals surface area contributed by atoms with Gasteiger partial charge in [-0.1, -0.05) is 0 Å². The van der Waals surface area contributed by atoms with Gasteiger partial charge in [0.1, 0.15) is 0 Å². The van der Waals surface area contributed by atoms with Crippen LogP contribution >= 0.6 is 0 Å². The summed E-state index contributed by atoms with van der Waals surface area (Å²) in [6.45, 7) is 0. The van der Waals surface area contributed by atoms with Gasteiger partial charge in [0, 0.05) is 6.20 Å². The van der Waals surface area contributed by atoms with E-state index in [2.05, 4.69) is 10.1 Å². The van der Waals surface area contributed by atoms with Crippen molar-refractivity contribution in [1.29, 1.82) is 0 Å². The molecule has 3 aromatic rings. The van der Waals surface area contributed by atoms with Crippen LogP contribution < -0.4 is 0 Å². The zero-order chi connectivity index (χ0) is 14.3. The molecular formula is C12H8N4O4. The third kappa shape index (κ3) is 1.79. The van der Waals surface area contributed by atoms with Gasteiger partial charge in [0.05, 0.1) is 39.5 Å². The van der Waals surface area contributed by atoms with Gasteiger partial charge >= 0.3 is 5.97 Å². The number of fused-ring (bicyclic) bond motifs is 1. The number of aromatic amines is 1. The number of nitrogens with zero attached hydrogens (tertiary/aromatic N) is 3. The SMILES string of the molecule is O=C(O)c1cnn(-c2ccc3[nH]cc([N+](=O)[O-])c3c2)c1. The highest BCUT2D eigenvalue weighted by Gasteiger charge is 2.15. The molecule has 0 amide bonds. The van der Waals surface area contributed by atoms with Crippen LogP contribution in [0.15, 0.2) is 36.8 Å². The van der Waals surface area contributed by atoms with E-state index in [9.17, 15) is 14.9 Å². The van der Waals surface area contributed by atoms with E-state index in [0.29, 0.717) is 16.6 Å². The van der Waals surface area contributed by atoms with Crippen molar-refractivity contribution in [2.24, 2.45) is 0 Å². The number of carbonyl (C=O) groups is 1. The normalized spacial score (nSPS) is 10.8. The fourth-order valence-corrected chi connectivity index (χ4v) is 1.96. The van der Waals surface area contributed by atoms with Gasteiger partial charge < -0.3 is 10.1 Å². The summed E-state index contributed by atoms with van der Waals surface area (Å²) < 4.78 is 1.36. The zero-order valence-electron chi connectivity index (χ0n) is 9.98. The number of aromatic nitrogens is 3. The van der Waals surface area contributed by atoms with E-state index in [1.807, 2.05) is 0 Å². The second kappa shape index (κ2) is 4.19. The van der Waals surface area contributed by atoms with Gasteiger partial charge in [-0.2, -0.15) is 5.10 Å². The van der Waals surface area contributed by atoms with Crippen LogP contribution in [0.25, 0.3) is 16.6 Å². The number of nitro groups is 1. The third-order valence-electron chi connectivity index (χ3n) is 2.93. The number of hydrogen-bond donors (Lipinski definition) is 2. The summed E-state index contributed by atoms with van der Waals surface area (Å²) in [4.78, 5) is 24.0. The zero-order valence-corrected chi connectivity index (χ0v) is 9.98. The summed E-state index contributed by atoms with van der Waals surface area (Å²) in [5.74, 6) is -1.08. The van der Waals surface area contributed by atoms with Crippen LogP contribution in [0, 0.1) is 10.1 Å². The van der Waals surface area contributed by atoms with Gasteiger partial charge in [-0.05, 0) is 18.2 Å². The largest absolute Gasteiger partial charge is 0.478 e. The molecule has 8 heteroatoms. The summed E-state index contributed by atoms with van der Waals surface area (Å²) in [7, 11) is 0. The molecule has 0 saturated heterocycles. The van der Waals surface area contributed by atoms with Crippen LogP contribution in [0.1, 0.15) is 10.4 Å². The molecule has 0 aliphatic carbocycles. The highest BCUT2D eigenvalue weighted by molar-refractivity contribution is 5.90. The van der Waals surface area contributed by atoms with Crippen molar-refractivity contribution in [2.75, 3.05) is 0 Å². The molecule has 2 aromatic heterocycles. The van der Waals surface area contributed by atoms with Gasteiger partial charge in [0.25, 0.3) is 5.69 Å². The van der Waals surface area contributed by atoms with Crippen LogP contribution in [0.3, 0.4) is 0 Å². The first-order valence-electron chi connectivity index (χ1n) is 5.60. The van der Waals surface area contributed by atoms with E-state index in [1.165, 1.54) is 23.3 Å². The number of carboxylic acids is 1. The van der Waals surface area contributed by atoms with E-state index in [-0.39, 0.29) is 11.3 Å². The summed E-state index contributed by atoms with van der Waals surface area (Å²) in [5, 5.41) is 24.1. The summed E-state index contributed by atoms with van der Waals surface area (Å²) in [6.07, 6.45) is 3.89. The number of rotatable bonds is 3. The average Bonchev–Trinajstić information content (AvgIpc) is 3.04. The maximum atomic E-state index is 10.9. The minimum Gasteiger partial charge on any atom is -0.478 e. The maximum Gasteiger partial charge on any atom is 0.338 e. The number of aromatic carboxylic acids is 1. The Labute approximate surface area is 111 Å². The van der Waals surface area contributed by atoms with Crippen LogP contribution in [-0.2, 0) is 0 Å². The molecule has 0 bridgehead atoms. The van der Waals surface area contributed by atoms with Gasteiger partial charge in [-0.25, -0.2) is 9.48 Å². The van der Waals surface area contributed by atoms with E-state index < -0.39 is 10.9 Å². The Hall–Kier alpha value is -3.16. The van der Waals surface area contributed by atoms with Crippen LogP contribution in [0.5, 0.6) is 0 Å². The Bertz CT molecular complexity index is 833. The Kier molecular flexibility index (Phi) is 2.50. The molecule has 0 aliphatic rings. The number of benzene rings is 1. The standard InChI is InChI=1S/C12H8N4O4/c17-12(18)7-4-14-15(6-7)8-1-2-10-9(3-8)11(5-13-10)16(19)20/h1-6,13H,(H,17,18). The van der Waals surface area contributed by atoms with Crippen molar-refractivity contribution < 1.29 is 14.8 Å². The van der Waals surface area contributed by atoms with E-state index >= 15 is 0 Å². The van der Waals surface area contributed by atoms with Crippen molar-refractivity contribution in [3.8, 4) is 5.69 Å². The molecule has 3 rings (SSSR count). The van der Waals surface area contributed by atoms with Crippen LogP contribution in [0.2, 0.25) is 0 Å². The van der Waals surface area contributed by atoms with Crippen LogP contribution in [0.4, 0.5) is 5.69 Å². The number of H-pyrrole nitrogens is 1. The smallest absolute Gasteiger partial charge is 0.338 e. The van der Waals surface area contributed by atoms with E-state index in [0.717, 1.165) is 0 Å². The summed E-state index contributed by atoms with van der Waals surface area (Å²) in [5.41, 5.74) is 1.19. The van der Waals surface area contributed by atoms with Gasteiger partial charge in [0.2, 0.25) is 0 Å². The molecule has 2 heterocycles. The van der Waals surface area contributed by atoms with Crippen molar-refractivity contribution in [1.82, 2.24) is 14.8 Å². The lowest BCUT2D eigenvalue weighted by atomic mass is 10.2. The first-order valence-corrected chi connectivity index (χ1v) is 5.60. The molecule has 0 aliphatic heterocycles. The lowest BCUT2D eigenvalue weighted by Crippen LogP contribution is -1.96. The van der Waals surface area contributed by atoms with Crippen LogP contribution in [-0.4, -0.2) is 30.8 Å². The minimum absolute atomic E-state index is 0.0348. The Morgan fingerprint density at radius 2 is 2.25 bits per heavy atom. The van der Waals surface area contributed by atoms with Crippen molar-refractivity contribution >= 4 is 22.6 Å². The lowest BCUT2D eigenvalue weighted by Gasteiger charge is -2.00. The highest BCUT2D eigenvalue weighted by atomic mass is 16.6. The molecule has 0 spiro atoms. The summed E-state index contributed by atoms with van der Waals surface area (Å²) in [6, 6.07) is 4.96. The van der Waals surface area contributed by atoms with Crippen molar-refractivity contribution in [3.63, 3.8) is 0 Å². The molecule has 0 fully saturated rings. The molecule has 0 radical (unpaired) electrons. The second-order valence-electron chi connectivity index (χ2n) is 4.14. The molecule has 0 unspecified atom stereocenters. The highest BCUT2D eigenvalue weighted by Crippen LogP contribution is 2.27. The quantitative estimate of drug-likeness (QED) is 0.558. The lowest BCUT2D eigenvalue weighted by molar-refractivity contribution is -0.383. The second-order valence-corrected chi connectivity index (χ2v) is 4.14. The molecular weight excluding hydrogens is 264 g/mol. The average molecular weight is 272 g/mol. The van der Waals surface area contributed by atoms with E-state index in [1.54, 1.807) is 18.2 Å². The Morgan fingerprint density at radius 1 is 1.45 bits per heavy atom. The molecule has 8 nitrogen and oxygen atoms in total. The Balaban J connectivity index is 2.13. The van der Waals surface area contributed by atoms with E-state index in [4.69, 9.17) is 5.11 Å². The molecule has 20 heavy (non-hydrogen) atoms. The fourth-order valence-electron chi connectivity index (χ4n) is 1.96. The first-order chi connectivity index (χ1) is 9.56. The fraction of sp³-hybridized carbons (Fsp3) is 0. The van der Waals surface area contributed by atoms with Gasteiger partial charge in [-0.15, -0.1) is 0 Å². The monoisotopic (exact) mass is 272 g/mol. The molecule has 2 N–H and O–H groups in total. The molecule has 0 saturated carbocycles. The topological polar surface area (TPSA) is 114 Å². The maximum absolute atomic E-state index is 10.9. The number of hydrogen-bond acceptors (Lipinski definition) is 4. The first kappa shape index (κ1) is 11.9. The molecule has 0 atom stereocenters. The van der Waals surface area contributed by atoms with Crippen molar-refractivity contribution in [3.05, 3.63) is 52.5 Å². The van der Waals surface area contributed by atoms with Gasteiger partial charge in [-0.3, -0.25) is 10.1 Å². The Morgan fingerprint density at radius 3 is 2.90 bits per heavy atom. The third-order valence-corrected chi connectivity index (χ3v) is 2.93. The van der Waals surface area contributed by atoms with Gasteiger partial charge in [0.15, 0.2) is 0 Å². The predicted octanol–water partition coefficient (Wildman–Crippen LogP) is 1.96. The predicted molar refractivity (Wildman–Crippen MR) is 69.0 cm³/mol. The van der Waals surface area contributed by atoms with Crippen molar-refractivity contribution in [2.45, 2.75) is 0 Å². The number of nitrogens with one attached hydrogen (secondary N) is 1.